The summed E-state index contributed by atoms with van der Waals surface area (Å²) >= 11 is 0. The third kappa shape index (κ3) is 2.19. The Morgan fingerprint density at radius 2 is 2.50 bits per heavy atom. The summed E-state index contributed by atoms with van der Waals surface area (Å²) in [7, 11) is 0. The van der Waals surface area contributed by atoms with Gasteiger partial charge in [0.15, 0.2) is 6.67 Å². The van der Waals surface area contributed by atoms with E-state index in [1.807, 2.05) is 0 Å². The van der Waals surface area contributed by atoms with Gasteiger partial charge >= 0.3 is 0 Å². The lowest BCUT2D eigenvalue weighted by molar-refractivity contribution is -0.117. The van der Waals surface area contributed by atoms with E-state index in [0.717, 1.165) is 0 Å². The zero-order valence-corrected chi connectivity index (χ0v) is 6.12. The van der Waals surface area contributed by atoms with Crippen molar-refractivity contribution in [2.24, 2.45) is 0 Å². The van der Waals surface area contributed by atoms with Crippen LogP contribution in [0.25, 0.3) is 0 Å². The molecule has 0 atom stereocenters. The van der Waals surface area contributed by atoms with Crippen LogP contribution in [0, 0.1) is 0 Å². The second kappa shape index (κ2) is 3.66. The smallest absolute Gasteiger partial charge is 0.256 e. The van der Waals surface area contributed by atoms with Crippen LogP contribution in [0.5, 0.6) is 5.75 Å². The molecule has 0 aliphatic carbocycles. The van der Waals surface area contributed by atoms with Crippen LogP contribution in [0.15, 0.2) is 18.3 Å². The maximum absolute atomic E-state index is 11.7. The zero-order valence-electron chi connectivity index (χ0n) is 6.12. The van der Waals surface area contributed by atoms with Crippen molar-refractivity contribution < 1.29 is 14.3 Å². The van der Waals surface area contributed by atoms with Crippen LogP contribution in [0.4, 0.5) is 10.2 Å². The molecule has 0 aliphatic heterocycles. The summed E-state index contributed by atoms with van der Waals surface area (Å²) in [6.45, 7) is -1.10. The minimum absolute atomic E-state index is 0.0286. The van der Waals surface area contributed by atoms with Crippen LogP contribution < -0.4 is 5.32 Å². The number of anilines is 1. The molecule has 1 aromatic rings. The van der Waals surface area contributed by atoms with Crippen molar-refractivity contribution in [3.8, 4) is 5.75 Å². The van der Waals surface area contributed by atoms with E-state index >= 15 is 0 Å². The van der Waals surface area contributed by atoms with Crippen molar-refractivity contribution in [1.82, 2.24) is 4.98 Å². The first kappa shape index (κ1) is 8.45. The molecule has 64 valence electrons. The molecular formula is C7H7FN2O2. The second-order valence-electron chi connectivity index (χ2n) is 2.08. The Hall–Kier alpha value is -1.65. The van der Waals surface area contributed by atoms with Crippen LogP contribution in [0.1, 0.15) is 0 Å². The van der Waals surface area contributed by atoms with E-state index in [9.17, 15) is 9.18 Å². The molecule has 0 fully saturated rings. The van der Waals surface area contributed by atoms with Crippen molar-refractivity contribution in [1.29, 1.82) is 0 Å². The number of pyridine rings is 1. The van der Waals surface area contributed by atoms with Crippen molar-refractivity contribution in [3.63, 3.8) is 0 Å². The first-order valence-electron chi connectivity index (χ1n) is 3.23. The summed E-state index contributed by atoms with van der Waals surface area (Å²) in [6.07, 6.45) is 1.31. The highest BCUT2D eigenvalue weighted by molar-refractivity contribution is 5.90. The van der Waals surface area contributed by atoms with E-state index in [4.69, 9.17) is 5.11 Å². The molecule has 0 spiro atoms. The number of hydrogen-bond acceptors (Lipinski definition) is 3. The van der Waals surface area contributed by atoms with Gasteiger partial charge in [0.1, 0.15) is 11.6 Å². The van der Waals surface area contributed by atoms with Crippen LogP contribution in [0.3, 0.4) is 0 Å². The van der Waals surface area contributed by atoms with E-state index in [0.29, 0.717) is 0 Å². The maximum atomic E-state index is 11.7. The molecule has 0 radical (unpaired) electrons. The highest BCUT2D eigenvalue weighted by Gasteiger charge is 2.01. The number of hydrogen-bond donors (Lipinski definition) is 2. The molecule has 5 heteroatoms. The van der Waals surface area contributed by atoms with E-state index in [2.05, 4.69) is 10.3 Å². The average Bonchev–Trinajstić information content (AvgIpc) is 2.04. The molecule has 4 nitrogen and oxygen atoms in total. The number of halogens is 1. The molecule has 0 saturated carbocycles. The summed E-state index contributed by atoms with van der Waals surface area (Å²) in [6, 6.07) is 2.58. The van der Waals surface area contributed by atoms with Gasteiger partial charge in [-0.05, 0) is 6.07 Å². The van der Waals surface area contributed by atoms with Gasteiger partial charge in [-0.15, -0.1) is 0 Å². The summed E-state index contributed by atoms with van der Waals surface area (Å²) in [4.78, 5) is 14.2. The Bertz CT molecular complexity index is 290. The lowest BCUT2D eigenvalue weighted by Gasteiger charge is -2.00. The Morgan fingerprint density at radius 1 is 1.75 bits per heavy atom. The quantitative estimate of drug-likeness (QED) is 0.686. The fourth-order valence-electron chi connectivity index (χ4n) is 0.664. The monoisotopic (exact) mass is 170 g/mol. The molecule has 1 heterocycles. The fraction of sp³-hybridized carbons (Fsp3) is 0.143. The van der Waals surface area contributed by atoms with Gasteiger partial charge in [-0.2, -0.15) is 0 Å². The Labute approximate surface area is 68.1 Å². The molecular weight excluding hydrogens is 163 g/mol. The van der Waals surface area contributed by atoms with Crippen molar-refractivity contribution in [2.45, 2.75) is 0 Å². The lowest BCUT2D eigenvalue weighted by atomic mass is 10.4. The third-order valence-corrected chi connectivity index (χ3v) is 1.13. The van der Waals surface area contributed by atoms with Crippen LogP contribution >= 0.6 is 0 Å². The highest BCUT2D eigenvalue weighted by atomic mass is 19.1. The predicted octanol–water partition coefficient (Wildman–Crippen LogP) is 0.695. The second-order valence-corrected chi connectivity index (χ2v) is 2.08. The van der Waals surface area contributed by atoms with E-state index in [1.165, 1.54) is 18.3 Å². The number of nitrogens with one attached hydrogen (secondary N) is 1. The summed E-state index contributed by atoms with van der Waals surface area (Å²) in [5.41, 5.74) is 0. The number of rotatable bonds is 2. The van der Waals surface area contributed by atoms with Gasteiger partial charge < -0.3 is 10.4 Å². The molecule has 12 heavy (non-hydrogen) atoms. The number of carbonyl (C=O) groups is 1. The molecule has 0 aliphatic rings. The van der Waals surface area contributed by atoms with Crippen LogP contribution in [0.2, 0.25) is 0 Å². The van der Waals surface area contributed by atoms with Gasteiger partial charge in [0.2, 0.25) is 0 Å². The molecule has 0 bridgehead atoms. The van der Waals surface area contributed by atoms with Gasteiger partial charge in [-0.25, -0.2) is 9.37 Å². The highest BCUT2D eigenvalue weighted by Crippen LogP contribution is 2.11. The van der Waals surface area contributed by atoms with Crippen molar-refractivity contribution >= 4 is 11.7 Å². The number of alkyl halides is 1. The van der Waals surface area contributed by atoms with Gasteiger partial charge in [-0.3, -0.25) is 4.79 Å². The maximum Gasteiger partial charge on any atom is 0.256 e. The molecule has 0 aromatic carbocycles. The molecule has 2 N–H and O–H groups in total. The Balaban J connectivity index is 2.69. The third-order valence-electron chi connectivity index (χ3n) is 1.13. The zero-order chi connectivity index (χ0) is 8.97. The van der Waals surface area contributed by atoms with E-state index in [-0.39, 0.29) is 11.6 Å². The van der Waals surface area contributed by atoms with Crippen molar-refractivity contribution in [3.05, 3.63) is 18.3 Å². The lowest BCUT2D eigenvalue weighted by Crippen LogP contribution is -2.13. The molecule has 1 aromatic heterocycles. The predicted molar refractivity (Wildman–Crippen MR) is 40.5 cm³/mol. The number of carbonyl (C=O) groups excluding carboxylic acids is 1. The van der Waals surface area contributed by atoms with Crippen LogP contribution in [-0.4, -0.2) is 22.7 Å². The summed E-state index contributed by atoms with van der Waals surface area (Å²) in [5.74, 6) is -0.676. The number of aromatic hydroxyl groups is 1. The SMILES string of the molecule is O=C(CF)Nc1cc(O)ccn1. The number of nitrogens with zero attached hydrogens (tertiary/aromatic N) is 1. The largest absolute Gasteiger partial charge is 0.508 e. The summed E-state index contributed by atoms with van der Waals surface area (Å²) < 4.78 is 11.7. The van der Waals surface area contributed by atoms with E-state index in [1.54, 1.807) is 0 Å². The van der Waals surface area contributed by atoms with Crippen molar-refractivity contribution in [2.75, 3.05) is 12.0 Å². The summed E-state index contributed by atoms with van der Waals surface area (Å²) in [5, 5.41) is 11.1. The van der Waals surface area contributed by atoms with Gasteiger partial charge in [0.05, 0.1) is 0 Å². The molecule has 0 unspecified atom stereocenters. The molecule has 1 amide bonds. The fourth-order valence-corrected chi connectivity index (χ4v) is 0.664. The standard InChI is InChI=1S/C7H7FN2O2/c8-4-7(12)10-6-3-5(11)1-2-9-6/h1-3H,4H2,(H2,9,10,11,12). The number of amides is 1. The normalized spacial score (nSPS) is 9.42. The van der Waals surface area contributed by atoms with Gasteiger partial charge in [0.25, 0.3) is 5.91 Å². The van der Waals surface area contributed by atoms with E-state index < -0.39 is 12.6 Å². The molecule has 0 saturated heterocycles. The Kier molecular flexibility index (Phi) is 2.57. The first-order valence-corrected chi connectivity index (χ1v) is 3.23. The first-order chi connectivity index (χ1) is 5.72. The topological polar surface area (TPSA) is 62.2 Å². The van der Waals surface area contributed by atoms with Gasteiger partial charge in [0, 0.05) is 12.3 Å². The average molecular weight is 170 g/mol. The Morgan fingerprint density at radius 3 is 3.08 bits per heavy atom. The van der Waals surface area contributed by atoms with Crippen LogP contribution in [-0.2, 0) is 4.79 Å². The minimum Gasteiger partial charge on any atom is -0.508 e. The molecule has 1 rings (SSSR count). The van der Waals surface area contributed by atoms with Gasteiger partial charge in [-0.1, -0.05) is 0 Å². The number of aromatic nitrogens is 1. The minimum atomic E-state index is -1.10.